The summed E-state index contributed by atoms with van der Waals surface area (Å²) in [6.45, 7) is 2.21. The van der Waals surface area contributed by atoms with Gasteiger partial charge in [-0.25, -0.2) is 0 Å². The molecule has 1 nitrogen and oxygen atoms in total. The first-order valence-corrected chi connectivity index (χ1v) is 5.09. The fraction of sp³-hybridized carbons (Fsp3) is 0.583. The van der Waals surface area contributed by atoms with Crippen LogP contribution in [-0.4, -0.2) is 6.29 Å². The van der Waals surface area contributed by atoms with Crippen LogP contribution in [0.2, 0.25) is 0 Å². The van der Waals surface area contributed by atoms with Gasteiger partial charge in [0.15, 0.2) is 0 Å². The standard InChI is InChI=1S/C12H19O/c1-2-3-4-5-6-7-8-9-10-11-12-13/h6-7,10-11H,2-5,8-9H2,1H3/b7-6+,11-10+. The molecule has 73 valence electrons. The number of carbonyl (C=O) groups excluding carboxylic acids is 1. The Morgan fingerprint density at radius 2 is 1.69 bits per heavy atom. The van der Waals surface area contributed by atoms with Crippen molar-refractivity contribution < 1.29 is 4.79 Å². The zero-order valence-electron chi connectivity index (χ0n) is 8.46. The molecule has 0 saturated heterocycles. The highest BCUT2D eigenvalue weighted by Crippen LogP contribution is 2.01. The second-order valence-corrected chi connectivity index (χ2v) is 3.06. The summed E-state index contributed by atoms with van der Waals surface area (Å²) in [5, 5.41) is 0. The minimum Gasteiger partial charge on any atom is -0.286 e. The van der Waals surface area contributed by atoms with Crippen molar-refractivity contribution in [2.75, 3.05) is 0 Å². The van der Waals surface area contributed by atoms with E-state index >= 15 is 0 Å². The number of hydrogen-bond acceptors (Lipinski definition) is 1. The Labute approximate surface area is 81.5 Å². The largest absolute Gasteiger partial charge is 0.286 e. The van der Waals surface area contributed by atoms with Crippen molar-refractivity contribution >= 4 is 6.29 Å². The molecule has 0 heterocycles. The first-order valence-electron chi connectivity index (χ1n) is 5.09. The van der Waals surface area contributed by atoms with E-state index in [1.54, 1.807) is 6.29 Å². The average molecular weight is 179 g/mol. The van der Waals surface area contributed by atoms with Crippen LogP contribution < -0.4 is 0 Å². The van der Waals surface area contributed by atoms with Crippen molar-refractivity contribution in [1.82, 2.24) is 0 Å². The van der Waals surface area contributed by atoms with Gasteiger partial charge >= 0.3 is 0 Å². The van der Waals surface area contributed by atoms with Crippen LogP contribution in [0.3, 0.4) is 0 Å². The highest BCUT2D eigenvalue weighted by molar-refractivity contribution is 5.65. The lowest BCUT2D eigenvalue weighted by atomic mass is 10.2. The normalized spacial score (nSPS) is 11.5. The summed E-state index contributed by atoms with van der Waals surface area (Å²) in [4.78, 5) is 9.78. The number of hydrogen-bond donors (Lipinski definition) is 0. The zero-order chi connectivity index (χ0) is 9.78. The maximum atomic E-state index is 9.78. The minimum atomic E-state index is 0.944. The Bertz CT molecular complexity index is 157. The van der Waals surface area contributed by atoms with Gasteiger partial charge in [-0.15, -0.1) is 0 Å². The number of allylic oxidation sites excluding steroid dienone is 4. The van der Waals surface area contributed by atoms with Crippen molar-refractivity contribution in [1.29, 1.82) is 0 Å². The van der Waals surface area contributed by atoms with Gasteiger partial charge in [0.2, 0.25) is 6.29 Å². The van der Waals surface area contributed by atoms with E-state index in [9.17, 15) is 4.79 Å². The molecule has 0 saturated carbocycles. The van der Waals surface area contributed by atoms with E-state index in [0.29, 0.717) is 0 Å². The topological polar surface area (TPSA) is 17.1 Å². The number of rotatable bonds is 8. The predicted molar refractivity (Wildman–Crippen MR) is 57.3 cm³/mol. The van der Waals surface area contributed by atoms with E-state index in [1.807, 2.05) is 6.08 Å². The van der Waals surface area contributed by atoms with Crippen LogP contribution >= 0.6 is 0 Å². The molecular formula is C12H19O. The fourth-order valence-electron chi connectivity index (χ4n) is 1.07. The van der Waals surface area contributed by atoms with E-state index in [4.69, 9.17) is 0 Å². The molecule has 13 heavy (non-hydrogen) atoms. The molecule has 0 unspecified atom stereocenters. The molecule has 0 rings (SSSR count). The summed E-state index contributed by atoms with van der Waals surface area (Å²) in [5.74, 6) is 0. The molecule has 0 bridgehead atoms. The van der Waals surface area contributed by atoms with Gasteiger partial charge in [-0.3, -0.25) is 4.79 Å². The van der Waals surface area contributed by atoms with E-state index in [-0.39, 0.29) is 0 Å². The molecule has 1 radical (unpaired) electrons. The Morgan fingerprint density at radius 3 is 2.38 bits per heavy atom. The maximum absolute atomic E-state index is 9.78. The summed E-state index contributed by atoms with van der Waals surface area (Å²) in [5.41, 5.74) is 0. The molecule has 0 aliphatic carbocycles. The highest BCUT2D eigenvalue weighted by Gasteiger charge is 1.81. The van der Waals surface area contributed by atoms with Crippen LogP contribution in [0.5, 0.6) is 0 Å². The van der Waals surface area contributed by atoms with Gasteiger partial charge in [0.05, 0.1) is 0 Å². The maximum Gasteiger partial charge on any atom is 0.225 e. The molecule has 0 aliphatic rings. The lowest BCUT2D eigenvalue weighted by Crippen LogP contribution is -1.71. The molecular weight excluding hydrogens is 160 g/mol. The van der Waals surface area contributed by atoms with E-state index in [0.717, 1.165) is 12.8 Å². The Kier molecular flexibility index (Phi) is 10.4. The SMILES string of the molecule is CCCCC/C=C/CC/C=C/[C]=O. The second kappa shape index (κ2) is 11.2. The predicted octanol–water partition coefficient (Wildman–Crippen LogP) is 3.57. The average Bonchev–Trinajstić information content (AvgIpc) is 2.16. The summed E-state index contributed by atoms with van der Waals surface area (Å²) >= 11 is 0. The van der Waals surface area contributed by atoms with Gasteiger partial charge < -0.3 is 0 Å². The summed E-state index contributed by atoms with van der Waals surface area (Å²) < 4.78 is 0. The molecule has 0 aromatic heterocycles. The van der Waals surface area contributed by atoms with Crippen LogP contribution in [0.25, 0.3) is 0 Å². The first-order chi connectivity index (χ1) is 6.41. The van der Waals surface area contributed by atoms with Crippen molar-refractivity contribution in [3.63, 3.8) is 0 Å². The van der Waals surface area contributed by atoms with E-state index in [2.05, 4.69) is 19.1 Å². The Balaban J connectivity index is 3.12. The first kappa shape index (κ1) is 12.2. The molecule has 0 aromatic carbocycles. The monoisotopic (exact) mass is 179 g/mol. The smallest absolute Gasteiger partial charge is 0.225 e. The third-order valence-electron chi connectivity index (χ3n) is 1.83. The quantitative estimate of drug-likeness (QED) is 0.316. The third kappa shape index (κ3) is 11.1. The molecule has 0 amide bonds. The molecule has 0 N–H and O–H groups in total. The van der Waals surface area contributed by atoms with Gasteiger partial charge in [-0.2, -0.15) is 0 Å². The summed E-state index contributed by atoms with van der Waals surface area (Å²) in [7, 11) is 0. The van der Waals surface area contributed by atoms with Crippen LogP contribution in [-0.2, 0) is 4.79 Å². The van der Waals surface area contributed by atoms with Gasteiger partial charge in [0.1, 0.15) is 0 Å². The van der Waals surface area contributed by atoms with Gasteiger partial charge in [0.25, 0.3) is 0 Å². The molecule has 0 spiro atoms. The molecule has 1 heteroatoms. The second-order valence-electron chi connectivity index (χ2n) is 3.06. The van der Waals surface area contributed by atoms with Crippen LogP contribution in [0.4, 0.5) is 0 Å². The van der Waals surface area contributed by atoms with Gasteiger partial charge in [-0.1, -0.05) is 38.0 Å². The van der Waals surface area contributed by atoms with Gasteiger partial charge in [-0.05, 0) is 31.8 Å². The molecule has 0 aromatic rings. The van der Waals surface area contributed by atoms with E-state index in [1.165, 1.54) is 31.8 Å². The van der Waals surface area contributed by atoms with Crippen molar-refractivity contribution in [3.05, 3.63) is 24.3 Å². The highest BCUT2D eigenvalue weighted by atomic mass is 16.1. The zero-order valence-corrected chi connectivity index (χ0v) is 8.46. The lowest BCUT2D eigenvalue weighted by molar-refractivity contribution is 0.564. The molecule has 0 atom stereocenters. The lowest BCUT2D eigenvalue weighted by Gasteiger charge is -1.91. The minimum absolute atomic E-state index is 0.944. The molecule has 0 aliphatic heterocycles. The van der Waals surface area contributed by atoms with Crippen LogP contribution in [0.1, 0.15) is 45.4 Å². The van der Waals surface area contributed by atoms with E-state index < -0.39 is 0 Å². The van der Waals surface area contributed by atoms with Crippen molar-refractivity contribution in [3.8, 4) is 0 Å². The Morgan fingerprint density at radius 1 is 1.00 bits per heavy atom. The summed E-state index contributed by atoms with van der Waals surface area (Å²) in [6.07, 6.45) is 16.5. The van der Waals surface area contributed by atoms with Crippen molar-refractivity contribution in [2.45, 2.75) is 45.4 Å². The summed E-state index contributed by atoms with van der Waals surface area (Å²) in [6, 6.07) is 0. The van der Waals surface area contributed by atoms with Crippen LogP contribution in [0.15, 0.2) is 24.3 Å². The third-order valence-corrected chi connectivity index (χ3v) is 1.83. The Hall–Kier alpha value is -0.850. The van der Waals surface area contributed by atoms with Crippen molar-refractivity contribution in [2.24, 2.45) is 0 Å². The molecule has 0 fully saturated rings. The van der Waals surface area contributed by atoms with Crippen LogP contribution in [0, 0.1) is 0 Å². The van der Waals surface area contributed by atoms with Gasteiger partial charge in [0, 0.05) is 0 Å². The number of unbranched alkanes of at least 4 members (excludes halogenated alkanes) is 4. The fourth-order valence-corrected chi connectivity index (χ4v) is 1.07.